The molecule has 1 aromatic carbocycles. The second-order valence-electron chi connectivity index (χ2n) is 4.26. The Hall–Kier alpha value is -2.38. The van der Waals surface area contributed by atoms with Crippen molar-refractivity contribution in [3.8, 4) is 0 Å². The molecule has 8 heteroatoms. The van der Waals surface area contributed by atoms with Crippen LogP contribution in [0.3, 0.4) is 0 Å². The van der Waals surface area contributed by atoms with E-state index in [1.165, 1.54) is 24.3 Å². The quantitative estimate of drug-likeness (QED) is 0.860. The highest BCUT2D eigenvalue weighted by atomic mass is 19.3. The van der Waals surface area contributed by atoms with Crippen molar-refractivity contribution in [2.24, 2.45) is 0 Å². The van der Waals surface area contributed by atoms with Gasteiger partial charge < -0.3 is 5.11 Å². The molecule has 0 spiro atoms. The Morgan fingerprint density at radius 1 is 1.14 bits per heavy atom. The number of benzene rings is 1. The highest BCUT2D eigenvalue weighted by Crippen LogP contribution is 2.25. The Bertz CT molecular complexity index is 638. The Kier molecular flexibility index (Phi) is 4.25. The minimum atomic E-state index is -2.93. The fraction of sp³-hybridized carbons (Fsp3) is 0.231. The second-order valence-corrected chi connectivity index (χ2v) is 4.26. The first-order chi connectivity index (χ1) is 9.88. The van der Waals surface area contributed by atoms with E-state index in [4.69, 9.17) is 5.11 Å². The molecule has 0 amide bonds. The molecule has 0 saturated carbocycles. The standard InChI is InChI=1S/C13H10F4N2O2/c14-11(15)9-5-10(12(16)17)19(18-9)6-7-1-3-8(4-2-7)13(20)21/h1-5,11-12H,6H2,(H,20,21). The zero-order chi connectivity index (χ0) is 15.6. The summed E-state index contributed by atoms with van der Waals surface area (Å²) in [5.41, 5.74) is -0.799. The summed E-state index contributed by atoms with van der Waals surface area (Å²) in [4.78, 5) is 10.7. The lowest BCUT2D eigenvalue weighted by atomic mass is 10.1. The van der Waals surface area contributed by atoms with E-state index in [2.05, 4.69) is 5.10 Å². The monoisotopic (exact) mass is 302 g/mol. The van der Waals surface area contributed by atoms with Gasteiger partial charge in [-0.05, 0) is 23.8 Å². The van der Waals surface area contributed by atoms with Crippen molar-refractivity contribution in [3.63, 3.8) is 0 Å². The molecule has 0 fully saturated rings. The summed E-state index contributed by atoms with van der Waals surface area (Å²) < 4.78 is 51.4. The third-order valence-electron chi connectivity index (χ3n) is 2.81. The van der Waals surface area contributed by atoms with Crippen LogP contribution in [0.1, 0.15) is 40.2 Å². The zero-order valence-corrected chi connectivity index (χ0v) is 10.5. The van der Waals surface area contributed by atoms with Gasteiger partial charge in [0.25, 0.3) is 12.9 Å². The van der Waals surface area contributed by atoms with E-state index in [0.29, 0.717) is 11.6 Å². The molecule has 0 aliphatic carbocycles. The van der Waals surface area contributed by atoms with Crippen LogP contribution in [0.15, 0.2) is 30.3 Å². The second kappa shape index (κ2) is 5.94. The van der Waals surface area contributed by atoms with E-state index < -0.39 is 30.2 Å². The predicted octanol–water partition coefficient (Wildman–Crippen LogP) is 3.50. The number of alkyl halides is 4. The summed E-state index contributed by atoms with van der Waals surface area (Å²) in [5, 5.41) is 12.2. The topological polar surface area (TPSA) is 55.1 Å². The molecule has 0 radical (unpaired) electrons. The van der Waals surface area contributed by atoms with Crippen molar-refractivity contribution < 1.29 is 27.5 Å². The van der Waals surface area contributed by atoms with E-state index in [0.717, 1.165) is 4.68 Å². The molecular formula is C13H10F4N2O2. The highest BCUT2D eigenvalue weighted by Gasteiger charge is 2.21. The smallest absolute Gasteiger partial charge is 0.335 e. The van der Waals surface area contributed by atoms with Crippen LogP contribution in [-0.4, -0.2) is 20.9 Å². The summed E-state index contributed by atoms with van der Waals surface area (Å²) in [6.07, 6.45) is -5.86. The van der Waals surface area contributed by atoms with Crippen LogP contribution in [-0.2, 0) is 6.54 Å². The van der Waals surface area contributed by atoms with Crippen LogP contribution >= 0.6 is 0 Å². The van der Waals surface area contributed by atoms with Crippen LogP contribution < -0.4 is 0 Å². The average molecular weight is 302 g/mol. The number of hydrogen-bond donors (Lipinski definition) is 1. The van der Waals surface area contributed by atoms with Gasteiger partial charge in [-0.1, -0.05) is 12.1 Å². The summed E-state index contributed by atoms with van der Waals surface area (Å²) in [6.45, 7) is -0.147. The molecule has 0 aliphatic rings. The summed E-state index contributed by atoms with van der Waals surface area (Å²) in [5.74, 6) is -1.12. The Morgan fingerprint density at radius 3 is 2.24 bits per heavy atom. The van der Waals surface area contributed by atoms with E-state index >= 15 is 0 Å². The number of nitrogens with zero attached hydrogens (tertiary/aromatic N) is 2. The van der Waals surface area contributed by atoms with Gasteiger partial charge in [-0.3, -0.25) is 4.68 Å². The molecule has 21 heavy (non-hydrogen) atoms. The highest BCUT2D eigenvalue weighted by molar-refractivity contribution is 5.87. The van der Waals surface area contributed by atoms with Crippen LogP contribution in [0, 0.1) is 0 Å². The maximum atomic E-state index is 12.8. The predicted molar refractivity (Wildman–Crippen MR) is 64.6 cm³/mol. The van der Waals surface area contributed by atoms with Gasteiger partial charge in [0, 0.05) is 0 Å². The normalized spacial score (nSPS) is 11.3. The van der Waals surface area contributed by atoms with Gasteiger partial charge in [-0.25, -0.2) is 22.4 Å². The number of carbonyl (C=O) groups is 1. The van der Waals surface area contributed by atoms with Gasteiger partial charge in [-0.2, -0.15) is 5.10 Å². The van der Waals surface area contributed by atoms with E-state index in [9.17, 15) is 22.4 Å². The van der Waals surface area contributed by atoms with Crippen molar-refractivity contribution in [1.29, 1.82) is 0 Å². The maximum absolute atomic E-state index is 12.8. The van der Waals surface area contributed by atoms with Gasteiger partial charge in [0.15, 0.2) is 0 Å². The van der Waals surface area contributed by atoms with Crippen LogP contribution in [0.4, 0.5) is 17.6 Å². The third-order valence-corrected chi connectivity index (χ3v) is 2.81. The fourth-order valence-electron chi connectivity index (χ4n) is 1.79. The summed E-state index contributed by atoms with van der Waals surface area (Å²) >= 11 is 0. The number of carboxylic acid groups (broad SMARTS) is 1. The molecule has 0 aliphatic heterocycles. The van der Waals surface area contributed by atoms with Gasteiger partial charge in [0.2, 0.25) is 0 Å². The molecule has 0 bridgehead atoms. The lowest BCUT2D eigenvalue weighted by Crippen LogP contribution is -2.07. The maximum Gasteiger partial charge on any atom is 0.335 e. The van der Waals surface area contributed by atoms with E-state index in [1.54, 1.807) is 0 Å². The molecule has 0 atom stereocenters. The van der Waals surface area contributed by atoms with Crippen molar-refractivity contribution in [1.82, 2.24) is 9.78 Å². The van der Waals surface area contributed by atoms with E-state index in [1.807, 2.05) is 0 Å². The third kappa shape index (κ3) is 3.39. The van der Waals surface area contributed by atoms with Gasteiger partial charge in [0.05, 0.1) is 12.1 Å². The van der Waals surface area contributed by atoms with Crippen LogP contribution in [0.2, 0.25) is 0 Å². The van der Waals surface area contributed by atoms with Crippen molar-refractivity contribution in [3.05, 3.63) is 52.8 Å². The molecule has 0 unspecified atom stereocenters. The van der Waals surface area contributed by atoms with Crippen LogP contribution in [0.5, 0.6) is 0 Å². The zero-order valence-electron chi connectivity index (χ0n) is 10.5. The number of aromatic nitrogens is 2. The van der Waals surface area contributed by atoms with Crippen molar-refractivity contribution in [2.45, 2.75) is 19.4 Å². The van der Waals surface area contributed by atoms with Gasteiger partial charge in [0.1, 0.15) is 11.4 Å². The molecular weight excluding hydrogens is 292 g/mol. The SMILES string of the molecule is O=C(O)c1ccc(Cn2nc(C(F)F)cc2C(F)F)cc1. The largest absolute Gasteiger partial charge is 0.478 e. The van der Waals surface area contributed by atoms with Crippen molar-refractivity contribution in [2.75, 3.05) is 0 Å². The minimum Gasteiger partial charge on any atom is -0.478 e. The molecule has 4 nitrogen and oxygen atoms in total. The first-order valence-electron chi connectivity index (χ1n) is 5.84. The molecule has 2 rings (SSSR count). The van der Waals surface area contributed by atoms with Crippen LogP contribution in [0.25, 0.3) is 0 Å². The number of carboxylic acids is 1. The average Bonchev–Trinajstić information content (AvgIpc) is 2.83. The Labute approximate surface area is 116 Å². The first kappa shape index (κ1) is 15.0. The summed E-state index contributed by atoms with van der Waals surface area (Å²) in [6, 6.07) is 6.11. The molecule has 1 heterocycles. The first-order valence-corrected chi connectivity index (χ1v) is 5.84. The number of rotatable bonds is 5. The molecule has 112 valence electrons. The molecule has 1 aromatic heterocycles. The minimum absolute atomic E-state index is 0.0431. The lowest BCUT2D eigenvalue weighted by Gasteiger charge is -2.07. The Balaban J connectivity index is 2.27. The molecule has 1 N–H and O–H groups in total. The van der Waals surface area contributed by atoms with Gasteiger partial charge >= 0.3 is 5.97 Å². The summed E-state index contributed by atoms with van der Waals surface area (Å²) in [7, 11) is 0. The molecule has 2 aromatic rings. The van der Waals surface area contributed by atoms with Crippen molar-refractivity contribution >= 4 is 5.97 Å². The van der Waals surface area contributed by atoms with E-state index in [-0.39, 0.29) is 12.1 Å². The number of hydrogen-bond acceptors (Lipinski definition) is 2. The Morgan fingerprint density at radius 2 is 1.76 bits per heavy atom. The lowest BCUT2D eigenvalue weighted by molar-refractivity contribution is 0.0697. The fourth-order valence-corrected chi connectivity index (χ4v) is 1.79. The number of halogens is 4. The molecule has 0 saturated heterocycles. The van der Waals surface area contributed by atoms with Gasteiger partial charge in [-0.15, -0.1) is 0 Å². The number of aromatic carboxylic acids is 1.